The molecule has 2 heterocycles. The minimum absolute atomic E-state index is 0.0595. The molecule has 34 heavy (non-hydrogen) atoms. The summed E-state index contributed by atoms with van der Waals surface area (Å²) in [7, 11) is 3.40. The Morgan fingerprint density at radius 1 is 1.00 bits per heavy atom. The Kier molecular flexibility index (Phi) is 5.17. The van der Waals surface area contributed by atoms with E-state index < -0.39 is 23.5 Å². The molecule has 0 spiro atoms. The van der Waals surface area contributed by atoms with E-state index in [1.54, 1.807) is 24.3 Å². The minimum atomic E-state index is -0.900. The molecule has 5 rings (SSSR count). The first-order valence-electron chi connectivity index (χ1n) is 10.7. The number of hydrogen-bond acceptors (Lipinski definition) is 4. The second-order valence-corrected chi connectivity index (χ2v) is 8.09. The number of methoxy groups -OCH3 is 1. The highest BCUT2D eigenvalue weighted by Gasteiger charge is 2.48. The van der Waals surface area contributed by atoms with E-state index >= 15 is 0 Å². The Balaban J connectivity index is 1.80. The smallest absolute Gasteiger partial charge is 0.300 e. The molecule has 1 N–H and O–H groups in total. The molecule has 4 aromatic rings. The number of nitrogens with zero attached hydrogens (tertiary/aromatic N) is 2. The fourth-order valence-corrected chi connectivity index (χ4v) is 4.51. The summed E-state index contributed by atoms with van der Waals surface area (Å²) in [5, 5.41) is 12.0. The summed E-state index contributed by atoms with van der Waals surface area (Å²) in [5.74, 6) is -1.90. The molecule has 1 aliphatic heterocycles. The summed E-state index contributed by atoms with van der Waals surface area (Å²) in [5.41, 5.74) is 2.24. The van der Waals surface area contributed by atoms with Crippen LogP contribution in [0.3, 0.4) is 0 Å². The van der Waals surface area contributed by atoms with Crippen LogP contribution in [0.25, 0.3) is 16.7 Å². The van der Waals surface area contributed by atoms with Gasteiger partial charge < -0.3 is 14.4 Å². The van der Waals surface area contributed by atoms with Crippen LogP contribution in [0.1, 0.15) is 17.2 Å². The van der Waals surface area contributed by atoms with E-state index in [1.165, 1.54) is 36.3 Å². The molecule has 0 radical (unpaired) electrons. The van der Waals surface area contributed by atoms with Crippen LogP contribution in [0.15, 0.2) is 84.6 Å². The summed E-state index contributed by atoms with van der Waals surface area (Å²) in [6.45, 7) is 0. The Morgan fingerprint density at radius 2 is 1.74 bits per heavy atom. The van der Waals surface area contributed by atoms with Gasteiger partial charge in [-0.1, -0.05) is 24.3 Å². The average molecular weight is 456 g/mol. The molecule has 1 amide bonds. The third-order valence-electron chi connectivity index (χ3n) is 6.12. The number of aryl methyl sites for hydroxylation is 1. The second-order valence-electron chi connectivity index (χ2n) is 8.09. The van der Waals surface area contributed by atoms with Crippen LogP contribution < -0.4 is 9.64 Å². The first-order chi connectivity index (χ1) is 16.4. The number of aromatic nitrogens is 1. The quantitative estimate of drug-likeness (QED) is 0.268. The van der Waals surface area contributed by atoms with E-state index in [4.69, 9.17) is 4.74 Å². The molecule has 6 nitrogen and oxygen atoms in total. The third-order valence-corrected chi connectivity index (χ3v) is 6.12. The fraction of sp³-hybridized carbons (Fsp3) is 0.111. The number of fused-ring (bicyclic) bond motifs is 1. The zero-order valence-corrected chi connectivity index (χ0v) is 18.5. The maximum atomic E-state index is 13.5. The molecule has 1 aromatic heterocycles. The number of para-hydroxylation sites is 1. The lowest BCUT2D eigenvalue weighted by atomic mass is 9.94. The number of ketones is 1. The van der Waals surface area contributed by atoms with Gasteiger partial charge in [0.15, 0.2) is 0 Å². The van der Waals surface area contributed by atoms with Crippen LogP contribution in [0.2, 0.25) is 0 Å². The maximum Gasteiger partial charge on any atom is 0.300 e. The monoisotopic (exact) mass is 456 g/mol. The second kappa shape index (κ2) is 8.19. The third kappa shape index (κ3) is 3.33. The van der Waals surface area contributed by atoms with E-state index in [2.05, 4.69) is 0 Å². The molecule has 0 bridgehead atoms. The van der Waals surface area contributed by atoms with E-state index in [0.717, 1.165) is 10.9 Å². The van der Waals surface area contributed by atoms with E-state index in [0.29, 0.717) is 17.0 Å². The Morgan fingerprint density at radius 3 is 2.47 bits per heavy atom. The molecule has 7 heteroatoms. The zero-order chi connectivity index (χ0) is 24.0. The van der Waals surface area contributed by atoms with E-state index in [-0.39, 0.29) is 16.9 Å². The molecule has 1 atom stereocenters. The predicted octanol–water partition coefficient (Wildman–Crippen LogP) is 4.95. The standard InChI is InChI=1S/C27H21FN2O4/c1-29-15-21(20-8-3-4-9-22(20)29)24-23(25(31)16-10-12-17(28)13-11-16)26(32)27(33)30(24)18-6-5-7-19(14-18)34-2/h3-15,24,31H,1-2H3/b25-23+. The van der Waals surface area contributed by atoms with Crippen LogP contribution in [0.4, 0.5) is 10.1 Å². The number of rotatable bonds is 4. The van der Waals surface area contributed by atoms with E-state index in [9.17, 15) is 19.1 Å². The van der Waals surface area contributed by atoms with Gasteiger partial charge in [0.25, 0.3) is 11.7 Å². The number of aliphatic hydroxyl groups excluding tert-OH is 1. The topological polar surface area (TPSA) is 71.8 Å². The number of anilines is 1. The van der Waals surface area contributed by atoms with Crippen LogP contribution in [-0.2, 0) is 16.6 Å². The zero-order valence-electron chi connectivity index (χ0n) is 18.5. The van der Waals surface area contributed by atoms with Crippen molar-refractivity contribution in [2.75, 3.05) is 12.0 Å². The van der Waals surface area contributed by atoms with Crippen molar-refractivity contribution in [3.63, 3.8) is 0 Å². The summed E-state index contributed by atoms with van der Waals surface area (Å²) in [4.78, 5) is 28.1. The molecule has 1 aliphatic rings. The van der Waals surface area contributed by atoms with Crippen LogP contribution in [0.5, 0.6) is 5.75 Å². The minimum Gasteiger partial charge on any atom is -0.507 e. The van der Waals surface area contributed by atoms with Crippen LogP contribution in [-0.4, -0.2) is 28.5 Å². The van der Waals surface area contributed by atoms with Crippen molar-refractivity contribution in [1.29, 1.82) is 0 Å². The Labute approximate surface area is 195 Å². The van der Waals surface area contributed by atoms with Crippen molar-refractivity contribution in [3.05, 3.63) is 102 Å². The lowest BCUT2D eigenvalue weighted by molar-refractivity contribution is -0.132. The molecule has 1 unspecified atom stereocenters. The van der Waals surface area contributed by atoms with Gasteiger partial charge in [0.1, 0.15) is 17.3 Å². The van der Waals surface area contributed by atoms with Crippen molar-refractivity contribution in [3.8, 4) is 5.75 Å². The number of carbonyl (C=O) groups excluding carboxylic acids is 2. The summed E-state index contributed by atoms with van der Waals surface area (Å²) < 4.78 is 20.7. The summed E-state index contributed by atoms with van der Waals surface area (Å²) >= 11 is 0. The number of ether oxygens (including phenoxy) is 1. The fourth-order valence-electron chi connectivity index (χ4n) is 4.51. The van der Waals surface area contributed by atoms with Gasteiger partial charge in [0.05, 0.1) is 18.7 Å². The summed E-state index contributed by atoms with van der Waals surface area (Å²) in [6.07, 6.45) is 1.85. The first kappa shape index (κ1) is 21.5. The molecule has 1 saturated heterocycles. The van der Waals surface area contributed by atoms with Crippen molar-refractivity contribution < 1.29 is 23.8 Å². The van der Waals surface area contributed by atoms with Crippen molar-refractivity contribution in [2.45, 2.75) is 6.04 Å². The van der Waals surface area contributed by atoms with E-state index in [1.807, 2.05) is 42.1 Å². The molecular formula is C27H21FN2O4. The van der Waals surface area contributed by atoms with Gasteiger partial charge >= 0.3 is 0 Å². The molecule has 0 saturated carbocycles. The predicted molar refractivity (Wildman–Crippen MR) is 127 cm³/mol. The molecule has 0 aliphatic carbocycles. The number of hydrogen-bond donors (Lipinski definition) is 1. The first-order valence-corrected chi connectivity index (χ1v) is 10.7. The van der Waals surface area contributed by atoms with Gasteiger partial charge in [-0.15, -0.1) is 0 Å². The van der Waals surface area contributed by atoms with Gasteiger partial charge in [-0.3, -0.25) is 14.5 Å². The van der Waals surface area contributed by atoms with Crippen molar-refractivity contribution >= 4 is 34.0 Å². The van der Waals surface area contributed by atoms with Crippen LogP contribution >= 0.6 is 0 Å². The Bertz CT molecular complexity index is 1470. The Hall–Kier alpha value is -4.39. The number of carbonyl (C=O) groups is 2. The SMILES string of the molecule is COc1cccc(N2C(=O)C(=O)/C(=C(/O)c3ccc(F)cc3)C2c2cn(C)c3ccccc23)c1. The number of Topliss-reactive ketones (excluding diaryl/α,β-unsaturated/α-hetero) is 1. The molecule has 170 valence electrons. The largest absolute Gasteiger partial charge is 0.507 e. The number of benzene rings is 3. The van der Waals surface area contributed by atoms with Gasteiger partial charge in [0.2, 0.25) is 0 Å². The molecule has 3 aromatic carbocycles. The highest BCUT2D eigenvalue weighted by molar-refractivity contribution is 6.51. The highest BCUT2D eigenvalue weighted by atomic mass is 19.1. The normalized spacial score (nSPS) is 17.5. The van der Waals surface area contributed by atoms with Crippen LogP contribution in [0, 0.1) is 5.82 Å². The van der Waals surface area contributed by atoms with Gasteiger partial charge in [0, 0.05) is 47.0 Å². The lowest BCUT2D eigenvalue weighted by Gasteiger charge is -2.25. The summed E-state index contributed by atoms with van der Waals surface area (Å²) in [6, 6.07) is 18.7. The number of amides is 1. The highest BCUT2D eigenvalue weighted by Crippen LogP contribution is 2.45. The van der Waals surface area contributed by atoms with Gasteiger partial charge in [-0.25, -0.2) is 4.39 Å². The maximum absolute atomic E-state index is 13.5. The van der Waals surface area contributed by atoms with Gasteiger partial charge in [-0.05, 0) is 42.5 Å². The average Bonchev–Trinajstić information content (AvgIpc) is 3.32. The van der Waals surface area contributed by atoms with Crippen molar-refractivity contribution in [2.24, 2.45) is 7.05 Å². The van der Waals surface area contributed by atoms with Crippen molar-refractivity contribution in [1.82, 2.24) is 4.57 Å². The molecule has 1 fully saturated rings. The number of halogens is 1. The lowest BCUT2D eigenvalue weighted by Crippen LogP contribution is -2.29. The van der Waals surface area contributed by atoms with Gasteiger partial charge in [-0.2, -0.15) is 0 Å². The number of aliphatic hydroxyl groups is 1. The molecular weight excluding hydrogens is 435 g/mol.